The molecule has 0 aliphatic rings. The summed E-state index contributed by atoms with van der Waals surface area (Å²) in [7, 11) is -0.457. The summed E-state index contributed by atoms with van der Waals surface area (Å²) in [6, 6.07) is 0. The molecule has 5 heteroatoms. The molecule has 21 heavy (non-hydrogen) atoms. The lowest BCUT2D eigenvalue weighted by atomic mass is 9.94. The zero-order valence-corrected chi connectivity index (χ0v) is 15.8. The van der Waals surface area contributed by atoms with Gasteiger partial charge >= 0.3 is 5.97 Å². The first kappa shape index (κ1) is 20.3. The number of aliphatic hydroxyl groups excluding tert-OH is 1. The van der Waals surface area contributed by atoms with Crippen molar-refractivity contribution in [3.8, 4) is 0 Å². The minimum absolute atomic E-state index is 0.0106. The highest BCUT2D eigenvalue weighted by Gasteiger charge is 2.37. The second kappa shape index (κ2) is 8.10. The minimum atomic E-state index is -1.79. The zero-order chi connectivity index (χ0) is 16.8. The Labute approximate surface area is 130 Å². The van der Waals surface area contributed by atoms with Crippen molar-refractivity contribution >= 4 is 14.3 Å². The molecule has 4 nitrogen and oxygen atoms in total. The fraction of sp³-hybridized carbons (Fsp3) is 0.812. The molecule has 3 atom stereocenters. The van der Waals surface area contributed by atoms with E-state index in [1.54, 1.807) is 6.08 Å². The fourth-order valence-electron chi connectivity index (χ4n) is 1.59. The molecule has 0 fully saturated rings. The zero-order valence-electron chi connectivity index (χ0n) is 14.8. The van der Waals surface area contributed by atoms with Crippen LogP contribution in [0.2, 0.25) is 18.1 Å². The summed E-state index contributed by atoms with van der Waals surface area (Å²) in [4.78, 5) is 11.1. The molecule has 0 unspecified atom stereocenters. The summed E-state index contributed by atoms with van der Waals surface area (Å²) in [5, 5.41) is 10.5. The third-order valence-corrected chi connectivity index (χ3v) is 8.87. The highest BCUT2D eigenvalue weighted by molar-refractivity contribution is 6.74. The molecule has 0 aromatic heterocycles. The second-order valence-corrected chi connectivity index (χ2v) is 12.1. The summed E-state index contributed by atoms with van der Waals surface area (Å²) in [5.74, 6) is -0.516. The van der Waals surface area contributed by atoms with Gasteiger partial charge in [0, 0.05) is 24.5 Å². The van der Waals surface area contributed by atoms with E-state index in [1.807, 2.05) is 13.8 Å². The third-order valence-electron chi connectivity index (χ3n) is 4.37. The molecule has 0 spiro atoms. The van der Waals surface area contributed by atoms with Gasteiger partial charge in [0.25, 0.3) is 0 Å². The van der Waals surface area contributed by atoms with Gasteiger partial charge in [-0.05, 0) is 18.1 Å². The molecule has 0 aliphatic heterocycles. The van der Waals surface area contributed by atoms with Crippen LogP contribution in [-0.4, -0.2) is 39.2 Å². The molecule has 0 bridgehead atoms. The Morgan fingerprint density at radius 3 is 2.24 bits per heavy atom. The summed E-state index contributed by atoms with van der Waals surface area (Å²) in [6.45, 7) is 15.4. The van der Waals surface area contributed by atoms with Crippen molar-refractivity contribution in [2.45, 2.75) is 58.9 Å². The number of carbonyl (C=O) groups excluding carboxylic acids is 1. The molecule has 124 valence electrons. The maximum absolute atomic E-state index is 11.1. The Bertz CT molecular complexity index is 358. The maximum atomic E-state index is 11.1. The summed E-state index contributed by atoms with van der Waals surface area (Å²) < 4.78 is 10.7. The van der Waals surface area contributed by atoms with Crippen LogP contribution in [0.15, 0.2) is 12.2 Å². The van der Waals surface area contributed by atoms with Crippen molar-refractivity contribution in [3.05, 3.63) is 12.2 Å². The Morgan fingerprint density at radius 1 is 1.29 bits per heavy atom. The van der Waals surface area contributed by atoms with E-state index in [9.17, 15) is 9.90 Å². The van der Waals surface area contributed by atoms with E-state index in [0.29, 0.717) is 6.61 Å². The summed E-state index contributed by atoms with van der Waals surface area (Å²) >= 11 is 0. The molecule has 0 saturated heterocycles. The van der Waals surface area contributed by atoms with Crippen molar-refractivity contribution < 1.29 is 19.1 Å². The molecule has 0 aromatic rings. The minimum Gasteiger partial charge on any atom is -0.466 e. The van der Waals surface area contributed by atoms with Crippen LogP contribution in [0.25, 0.3) is 0 Å². The smallest absolute Gasteiger partial charge is 0.330 e. The Kier molecular flexibility index (Phi) is 7.85. The van der Waals surface area contributed by atoms with Crippen LogP contribution in [0.1, 0.15) is 34.6 Å². The molecule has 0 aromatic carbocycles. The van der Waals surface area contributed by atoms with Gasteiger partial charge in [-0.25, -0.2) is 4.79 Å². The predicted octanol–water partition coefficient (Wildman–Crippen LogP) is 3.37. The Hall–Kier alpha value is -0.653. The van der Waals surface area contributed by atoms with Crippen molar-refractivity contribution in [3.63, 3.8) is 0 Å². The highest BCUT2D eigenvalue weighted by atomic mass is 28.4. The lowest BCUT2D eigenvalue weighted by molar-refractivity contribution is -0.134. The Balaban J connectivity index is 4.49. The number of hydrogen-bond donors (Lipinski definition) is 1. The quantitative estimate of drug-likeness (QED) is 0.444. The number of esters is 1. The van der Waals surface area contributed by atoms with Gasteiger partial charge in [0.2, 0.25) is 0 Å². The number of carbonyl (C=O) groups is 1. The van der Waals surface area contributed by atoms with Gasteiger partial charge in [0.15, 0.2) is 8.32 Å². The standard InChI is InChI=1S/C16H32O4Si/c1-12(9-10-14(17)19-6)15(18)13(2)11-20-21(7,8)16(3,4)5/h9-10,12-13,15,18H,11H2,1-8H3/b10-9+/t12-,13+,15+/m0/s1. The van der Waals surface area contributed by atoms with Gasteiger partial charge in [-0.1, -0.05) is 40.7 Å². The molecular formula is C16H32O4Si. The van der Waals surface area contributed by atoms with Gasteiger partial charge in [0.05, 0.1) is 13.2 Å². The van der Waals surface area contributed by atoms with Gasteiger partial charge in [0.1, 0.15) is 0 Å². The molecule has 0 amide bonds. The number of ether oxygens (including phenoxy) is 1. The first-order chi connectivity index (χ1) is 9.42. The molecule has 0 radical (unpaired) electrons. The van der Waals surface area contributed by atoms with E-state index in [0.717, 1.165) is 0 Å². The van der Waals surface area contributed by atoms with E-state index in [-0.39, 0.29) is 16.9 Å². The highest BCUT2D eigenvalue weighted by Crippen LogP contribution is 2.37. The van der Waals surface area contributed by atoms with Crippen LogP contribution in [0.5, 0.6) is 0 Å². The van der Waals surface area contributed by atoms with Gasteiger partial charge in [-0.3, -0.25) is 0 Å². The van der Waals surface area contributed by atoms with Crippen molar-refractivity contribution in [2.24, 2.45) is 11.8 Å². The first-order valence-corrected chi connectivity index (χ1v) is 10.4. The summed E-state index contributed by atoms with van der Waals surface area (Å²) in [5.41, 5.74) is 0. The number of aliphatic hydroxyl groups is 1. The lowest BCUT2D eigenvalue weighted by Crippen LogP contribution is -2.43. The largest absolute Gasteiger partial charge is 0.466 e. The van der Waals surface area contributed by atoms with Gasteiger partial charge in [-0.15, -0.1) is 0 Å². The average Bonchev–Trinajstić information content (AvgIpc) is 2.39. The molecule has 0 rings (SSSR count). The Morgan fingerprint density at radius 2 is 1.81 bits per heavy atom. The van der Waals surface area contributed by atoms with Gasteiger partial charge < -0.3 is 14.3 Å². The normalized spacial score (nSPS) is 17.6. The van der Waals surface area contributed by atoms with Crippen LogP contribution in [0, 0.1) is 11.8 Å². The van der Waals surface area contributed by atoms with Crippen LogP contribution < -0.4 is 0 Å². The van der Waals surface area contributed by atoms with Crippen LogP contribution >= 0.6 is 0 Å². The summed E-state index contributed by atoms with van der Waals surface area (Å²) in [6.07, 6.45) is 2.49. The number of hydrogen-bond acceptors (Lipinski definition) is 4. The molecule has 0 saturated carbocycles. The predicted molar refractivity (Wildman–Crippen MR) is 88.6 cm³/mol. The lowest BCUT2D eigenvalue weighted by Gasteiger charge is -2.37. The van der Waals surface area contributed by atoms with Gasteiger partial charge in [-0.2, -0.15) is 0 Å². The van der Waals surface area contributed by atoms with E-state index >= 15 is 0 Å². The second-order valence-electron chi connectivity index (χ2n) is 7.28. The van der Waals surface area contributed by atoms with Crippen molar-refractivity contribution in [1.82, 2.24) is 0 Å². The maximum Gasteiger partial charge on any atom is 0.330 e. The van der Waals surface area contributed by atoms with E-state index in [4.69, 9.17) is 4.43 Å². The average molecular weight is 317 g/mol. The van der Waals surface area contributed by atoms with E-state index in [1.165, 1.54) is 13.2 Å². The topological polar surface area (TPSA) is 55.8 Å². The fourth-order valence-corrected chi connectivity index (χ4v) is 2.70. The van der Waals surface area contributed by atoms with Crippen molar-refractivity contribution in [2.75, 3.05) is 13.7 Å². The van der Waals surface area contributed by atoms with Crippen LogP contribution in [0.4, 0.5) is 0 Å². The van der Waals surface area contributed by atoms with E-state index in [2.05, 4.69) is 38.6 Å². The van der Waals surface area contributed by atoms with Crippen LogP contribution in [-0.2, 0) is 14.0 Å². The molecule has 0 heterocycles. The molecule has 0 aliphatic carbocycles. The number of methoxy groups -OCH3 is 1. The molecule has 1 N–H and O–H groups in total. The third kappa shape index (κ3) is 6.76. The van der Waals surface area contributed by atoms with Crippen molar-refractivity contribution in [1.29, 1.82) is 0 Å². The SMILES string of the molecule is COC(=O)/C=C/[C@H](C)[C@@H](O)[C@H](C)CO[Si](C)(C)C(C)(C)C. The van der Waals surface area contributed by atoms with Crippen LogP contribution in [0.3, 0.4) is 0 Å². The van der Waals surface area contributed by atoms with E-state index < -0.39 is 20.4 Å². The monoisotopic (exact) mass is 316 g/mol. The molecular weight excluding hydrogens is 284 g/mol. The number of rotatable bonds is 7. The first-order valence-electron chi connectivity index (χ1n) is 7.50.